The summed E-state index contributed by atoms with van der Waals surface area (Å²) in [6, 6.07) is 13.7. The molecule has 25 heavy (non-hydrogen) atoms. The van der Waals surface area contributed by atoms with Crippen molar-refractivity contribution in [2.45, 2.75) is 19.4 Å². The minimum absolute atomic E-state index is 0.0870. The molecule has 1 fully saturated rings. The molecule has 0 saturated heterocycles. The van der Waals surface area contributed by atoms with Gasteiger partial charge in [0.1, 0.15) is 5.75 Å². The third-order valence-corrected chi connectivity index (χ3v) is 4.25. The summed E-state index contributed by atoms with van der Waals surface area (Å²) in [4.78, 5) is 25.0. The van der Waals surface area contributed by atoms with E-state index >= 15 is 0 Å². The molecule has 0 aromatic heterocycles. The number of carboxylic acid groups (broad SMARTS) is 1. The number of nitrogens with zero attached hydrogens (tertiary/aromatic N) is 1. The molecule has 130 valence electrons. The van der Waals surface area contributed by atoms with Gasteiger partial charge in [0, 0.05) is 19.2 Å². The second-order valence-corrected chi connectivity index (χ2v) is 6.44. The molecule has 0 aliphatic heterocycles. The Kier molecular flexibility index (Phi) is 5.03. The average Bonchev–Trinajstić information content (AvgIpc) is 3.44. The summed E-state index contributed by atoms with van der Waals surface area (Å²) in [5.41, 5.74) is 1.72. The molecular weight excluding hydrogens is 318 g/mol. The number of aromatic carboxylic acids is 1. The number of hydrogen-bond donors (Lipinski definition) is 1. The number of rotatable bonds is 7. The summed E-state index contributed by atoms with van der Waals surface area (Å²) in [6.07, 6.45) is 2.49. The first-order chi connectivity index (χ1) is 12.0. The largest absolute Gasteiger partial charge is 0.493 e. The van der Waals surface area contributed by atoms with Crippen molar-refractivity contribution >= 4 is 11.9 Å². The van der Waals surface area contributed by atoms with Crippen molar-refractivity contribution < 1.29 is 19.4 Å². The van der Waals surface area contributed by atoms with Crippen molar-refractivity contribution in [3.05, 3.63) is 65.2 Å². The zero-order chi connectivity index (χ0) is 17.8. The fraction of sp³-hybridized carbons (Fsp3) is 0.300. The fourth-order valence-corrected chi connectivity index (χ4v) is 2.51. The van der Waals surface area contributed by atoms with Crippen molar-refractivity contribution in [3.63, 3.8) is 0 Å². The van der Waals surface area contributed by atoms with Crippen LogP contribution < -0.4 is 4.74 Å². The highest BCUT2D eigenvalue weighted by molar-refractivity contribution is 5.94. The van der Waals surface area contributed by atoms with Crippen LogP contribution in [-0.2, 0) is 6.54 Å². The smallest absolute Gasteiger partial charge is 0.335 e. The van der Waals surface area contributed by atoms with Crippen LogP contribution in [-0.4, -0.2) is 35.5 Å². The van der Waals surface area contributed by atoms with Gasteiger partial charge in [-0.25, -0.2) is 4.79 Å². The second kappa shape index (κ2) is 7.38. The Morgan fingerprint density at radius 1 is 1.04 bits per heavy atom. The maximum absolute atomic E-state index is 12.5. The monoisotopic (exact) mass is 339 g/mol. The molecule has 1 aliphatic carbocycles. The highest BCUT2D eigenvalue weighted by Crippen LogP contribution is 2.29. The van der Waals surface area contributed by atoms with Crippen LogP contribution in [0.1, 0.15) is 39.1 Å². The molecule has 5 nitrogen and oxygen atoms in total. The quantitative estimate of drug-likeness (QED) is 0.839. The van der Waals surface area contributed by atoms with Crippen LogP contribution in [0.5, 0.6) is 5.75 Å². The first-order valence-electron chi connectivity index (χ1n) is 8.33. The number of hydrogen-bond acceptors (Lipinski definition) is 3. The van der Waals surface area contributed by atoms with Crippen LogP contribution in [0.25, 0.3) is 0 Å². The lowest BCUT2D eigenvalue weighted by atomic mass is 10.1. The standard InChI is InChI=1S/C20H21NO4/c1-21(12-14-4-6-17(7-5-14)20(23)24)19(22)16-8-10-18(11-9-16)25-13-15-2-3-15/h4-11,15H,2-3,12-13H2,1H3,(H,23,24). The van der Waals surface area contributed by atoms with Gasteiger partial charge in [-0.3, -0.25) is 4.79 Å². The first kappa shape index (κ1) is 17.0. The van der Waals surface area contributed by atoms with E-state index in [4.69, 9.17) is 9.84 Å². The van der Waals surface area contributed by atoms with Crippen molar-refractivity contribution in [2.75, 3.05) is 13.7 Å². The van der Waals surface area contributed by atoms with Crippen molar-refractivity contribution in [1.82, 2.24) is 4.90 Å². The maximum Gasteiger partial charge on any atom is 0.335 e. The Bertz CT molecular complexity index is 748. The summed E-state index contributed by atoms with van der Waals surface area (Å²) in [5.74, 6) is 0.436. The van der Waals surface area contributed by atoms with E-state index in [1.54, 1.807) is 48.3 Å². The minimum Gasteiger partial charge on any atom is -0.493 e. The molecule has 0 spiro atoms. The van der Waals surface area contributed by atoms with E-state index in [0.29, 0.717) is 18.0 Å². The number of amides is 1. The van der Waals surface area contributed by atoms with E-state index in [1.807, 2.05) is 12.1 Å². The van der Waals surface area contributed by atoms with E-state index in [2.05, 4.69) is 0 Å². The average molecular weight is 339 g/mol. The van der Waals surface area contributed by atoms with Crippen LogP contribution in [0, 0.1) is 5.92 Å². The number of carbonyl (C=O) groups is 2. The molecule has 1 N–H and O–H groups in total. The Morgan fingerprint density at radius 2 is 1.64 bits per heavy atom. The Hall–Kier alpha value is -2.82. The lowest BCUT2D eigenvalue weighted by molar-refractivity contribution is 0.0695. The maximum atomic E-state index is 12.5. The predicted molar refractivity (Wildman–Crippen MR) is 93.9 cm³/mol. The molecule has 0 heterocycles. The van der Waals surface area contributed by atoms with Crippen molar-refractivity contribution in [3.8, 4) is 5.75 Å². The summed E-state index contributed by atoms with van der Waals surface area (Å²) >= 11 is 0. The lowest BCUT2D eigenvalue weighted by Crippen LogP contribution is -2.26. The van der Waals surface area contributed by atoms with E-state index in [-0.39, 0.29) is 11.5 Å². The Labute approximate surface area is 146 Å². The molecule has 2 aromatic rings. The van der Waals surface area contributed by atoms with E-state index in [0.717, 1.165) is 17.9 Å². The van der Waals surface area contributed by atoms with Gasteiger partial charge in [0.15, 0.2) is 0 Å². The van der Waals surface area contributed by atoms with Gasteiger partial charge in [0.25, 0.3) is 5.91 Å². The highest BCUT2D eigenvalue weighted by atomic mass is 16.5. The Morgan fingerprint density at radius 3 is 2.20 bits per heavy atom. The van der Waals surface area contributed by atoms with E-state index in [9.17, 15) is 9.59 Å². The van der Waals surface area contributed by atoms with Crippen molar-refractivity contribution in [2.24, 2.45) is 5.92 Å². The summed E-state index contributed by atoms with van der Waals surface area (Å²) in [6.45, 7) is 1.16. The fourth-order valence-electron chi connectivity index (χ4n) is 2.51. The van der Waals surface area contributed by atoms with E-state index in [1.165, 1.54) is 12.8 Å². The van der Waals surface area contributed by atoms with Crippen LogP contribution >= 0.6 is 0 Å². The first-order valence-corrected chi connectivity index (χ1v) is 8.33. The lowest BCUT2D eigenvalue weighted by Gasteiger charge is -2.17. The molecule has 1 aliphatic rings. The third-order valence-electron chi connectivity index (χ3n) is 4.25. The van der Waals surface area contributed by atoms with Crippen LogP contribution in [0.15, 0.2) is 48.5 Å². The molecule has 3 rings (SSSR count). The van der Waals surface area contributed by atoms with Crippen LogP contribution in [0.4, 0.5) is 0 Å². The van der Waals surface area contributed by atoms with Gasteiger partial charge in [-0.2, -0.15) is 0 Å². The zero-order valence-corrected chi connectivity index (χ0v) is 14.1. The molecule has 1 saturated carbocycles. The Balaban J connectivity index is 1.58. The van der Waals surface area contributed by atoms with Gasteiger partial charge in [-0.15, -0.1) is 0 Å². The van der Waals surface area contributed by atoms with Gasteiger partial charge >= 0.3 is 5.97 Å². The number of benzene rings is 2. The number of carbonyl (C=O) groups excluding carboxylic acids is 1. The topological polar surface area (TPSA) is 66.8 Å². The summed E-state index contributed by atoms with van der Waals surface area (Å²) < 4.78 is 5.68. The molecule has 0 unspecified atom stereocenters. The zero-order valence-electron chi connectivity index (χ0n) is 14.1. The third kappa shape index (κ3) is 4.59. The van der Waals surface area contributed by atoms with Crippen molar-refractivity contribution in [1.29, 1.82) is 0 Å². The number of carboxylic acids is 1. The SMILES string of the molecule is CN(Cc1ccc(C(=O)O)cc1)C(=O)c1ccc(OCC2CC2)cc1. The molecule has 2 aromatic carbocycles. The number of ether oxygens (including phenoxy) is 1. The molecular formula is C20H21NO4. The predicted octanol–water partition coefficient (Wildman–Crippen LogP) is 3.45. The van der Waals surface area contributed by atoms with Crippen LogP contribution in [0.2, 0.25) is 0 Å². The van der Waals surface area contributed by atoms with Gasteiger partial charge in [-0.05, 0) is 60.7 Å². The molecule has 0 radical (unpaired) electrons. The highest BCUT2D eigenvalue weighted by Gasteiger charge is 2.22. The molecule has 0 atom stereocenters. The molecule has 0 bridgehead atoms. The molecule has 1 amide bonds. The summed E-state index contributed by atoms with van der Waals surface area (Å²) in [5, 5.41) is 8.91. The molecule has 5 heteroatoms. The van der Waals surface area contributed by atoms with Gasteiger partial charge < -0.3 is 14.7 Å². The second-order valence-electron chi connectivity index (χ2n) is 6.44. The summed E-state index contributed by atoms with van der Waals surface area (Å²) in [7, 11) is 1.73. The van der Waals surface area contributed by atoms with Gasteiger partial charge in [0.2, 0.25) is 0 Å². The minimum atomic E-state index is -0.958. The van der Waals surface area contributed by atoms with Gasteiger partial charge in [0.05, 0.1) is 12.2 Å². The van der Waals surface area contributed by atoms with Gasteiger partial charge in [-0.1, -0.05) is 12.1 Å². The van der Waals surface area contributed by atoms with E-state index < -0.39 is 5.97 Å². The normalized spacial score (nSPS) is 13.3. The van der Waals surface area contributed by atoms with Crippen LogP contribution in [0.3, 0.4) is 0 Å².